The minimum Gasteiger partial charge on any atom is -0.389 e. The maximum Gasteiger partial charge on any atom is 0.0746 e. The predicted octanol–water partition coefficient (Wildman–Crippen LogP) is 2.97. The first-order valence-electron chi connectivity index (χ1n) is 7.82. The predicted molar refractivity (Wildman–Crippen MR) is 80.3 cm³/mol. The smallest absolute Gasteiger partial charge is 0.0746 e. The first kappa shape index (κ1) is 16.9. The fraction of sp³-hybridized carbons (Fsp3) is 1.00. The van der Waals surface area contributed by atoms with Gasteiger partial charge in [-0.15, -0.1) is 0 Å². The van der Waals surface area contributed by atoms with Crippen LogP contribution < -0.4 is 5.32 Å². The number of hydrogen-bond donors (Lipinski definition) is 2. The normalized spacial score (nSPS) is 34.1. The van der Waals surface area contributed by atoms with Gasteiger partial charge in [0.05, 0.1) is 11.7 Å². The van der Waals surface area contributed by atoms with Gasteiger partial charge in [0.15, 0.2) is 0 Å². The van der Waals surface area contributed by atoms with Gasteiger partial charge in [0.2, 0.25) is 0 Å². The van der Waals surface area contributed by atoms with Crippen LogP contribution in [-0.4, -0.2) is 36.0 Å². The van der Waals surface area contributed by atoms with E-state index in [0.717, 1.165) is 25.9 Å². The van der Waals surface area contributed by atoms with Crippen molar-refractivity contribution in [3.8, 4) is 0 Å². The summed E-state index contributed by atoms with van der Waals surface area (Å²) in [6.07, 6.45) is 3.39. The quantitative estimate of drug-likeness (QED) is 0.713. The van der Waals surface area contributed by atoms with Crippen molar-refractivity contribution in [3.63, 3.8) is 0 Å². The second kappa shape index (κ2) is 6.55. The van der Waals surface area contributed by atoms with Crippen molar-refractivity contribution in [2.45, 2.75) is 78.6 Å². The molecule has 0 heterocycles. The third-order valence-corrected chi connectivity index (χ3v) is 4.69. The summed E-state index contributed by atoms with van der Waals surface area (Å²) in [5.74, 6) is 0.520. The highest BCUT2D eigenvalue weighted by Gasteiger charge is 2.51. The van der Waals surface area contributed by atoms with Crippen LogP contribution in [0.3, 0.4) is 0 Å². The van der Waals surface area contributed by atoms with Gasteiger partial charge in [-0.3, -0.25) is 0 Å². The average molecular weight is 271 g/mol. The molecule has 0 bridgehead atoms. The number of aliphatic hydroxyl groups is 1. The molecule has 114 valence electrons. The molecular weight excluding hydrogens is 238 g/mol. The van der Waals surface area contributed by atoms with E-state index in [1.165, 1.54) is 0 Å². The third kappa shape index (κ3) is 4.17. The van der Waals surface area contributed by atoms with E-state index in [2.05, 4.69) is 39.9 Å². The van der Waals surface area contributed by atoms with Gasteiger partial charge in [-0.05, 0) is 39.0 Å². The molecule has 1 aliphatic rings. The lowest BCUT2D eigenvalue weighted by atomic mass is 9.61. The molecule has 1 rings (SSSR count). The van der Waals surface area contributed by atoms with Crippen LogP contribution in [0.5, 0.6) is 0 Å². The molecule has 0 aromatic carbocycles. The van der Waals surface area contributed by atoms with Crippen molar-refractivity contribution in [1.82, 2.24) is 5.32 Å². The molecule has 4 atom stereocenters. The van der Waals surface area contributed by atoms with Crippen molar-refractivity contribution >= 4 is 0 Å². The maximum absolute atomic E-state index is 10.4. The van der Waals surface area contributed by atoms with Gasteiger partial charge in [-0.25, -0.2) is 0 Å². The minimum absolute atomic E-state index is 0.212. The lowest BCUT2D eigenvalue weighted by Gasteiger charge is -2.54. The topological polar surface area (TPSA) is 41.5 Å². The Labute approximate surface area is 119 Å². The SMILES string of the molecule is CCOC1CC(NCC(C)(O)CC(C)C)C1(C)CC. The molecule has 0 saturated heterocycles. The van der Waals surface area contributed by atoms with Crippen LogP contribution in [0.1, 0.15) is 60.8 Å². The van der Waals surface area contributed by atoms with Crippen LogP contribution in [0.4, 0.5) is 0 Å². The summed E-state index contributed by atoms with van der Waals surface area (Å²) in [5.41, 5.74) is -0.399. The molecule has 1 saturated carbocycles. The second-order valence-corrected chi connectivity index (χ2v) is 7.07. The molecule has 3 nitrogen and oxygen atoms in total. The Morgan fingerprint density at radius 3 is 2.53 bits per heavy atom. The Hall–Kier alpha value is -0.120. The first-order valence-corrected chi connectivity index (χ1v) is 7.82. The Kier molecular flexibility index (Phi) is 5.84. The van der Waals surface area contributed by atoms with Gasteiger partial charge in [-0.1, -0.05) is 27.7 Å². The summed E-state index contributed by atoms with van der Waals surface area (Å²) >= 11 is 0. The molecule has 0 aromatic rings. The van der Waals surface area contributed by atoms with E-state index >= 15 is 0 Å². The highest BCUT2D eigenvalue weighted by molar-refractivity contribution is 5.05. The number of rotatable bonds is 8. The van der Waals surface area contributed by atoms with E-state index in [9.17, 15) is 5.11 Å². The summed E-state index contributed by atoms with van der Waals surface area (Å²) in [7, 11) is 0. The molecule has 0 aliphatic heterocycles. The Bertz CT molecular complexity index is 278. The minimum atomic E-state index is -0.612. The molecule has 19 heavy (non-hydrogen) atoms. The standard InChI is InChI=1S/C16H33NO2/c1-7-16(6)13(9-14(16)19-8-2)17-11-15(5,18)10-12(3)4/h12-14,17-18H,7-11H2,1-6H3. The summed E-state index contributed by atoms with van der Waals surface area (Å²) in [6.45, 7) is 14.3. The highest BCUT2D eigenvalue weighted by Crippen LogP contribution is 2.45. The van der Waals surface area contributed by atoms with Gasteiger partial charge >= 0.3 is 0 Å². The van der Waals surface area contributed by atoms with Crippen molar-refractivity contribution in [3.05, 3.63) is 0 Å². The largest absolute Gasteiger partial charge is 0.389 e. The van der Waals surface area contributed by atoms with Crippen LogP contribution in [0.15, 0.2) is 0 Å². The third-order valence-electron chi connectivity index (χ3n) is 4.69. The molecule has 0 aromatic heterocycles. The molecule has 1 fully saturated rings. The molecule has 1 aliphatic carbocycles. The van der Waals surface area contributed by atoms with Crippen LogP contribution in [0.2, 0.25) is 0 Å². The average Bonchev–Trinajstić information content (AvgIpc) is 2.29. The monoisotopic (exact) mass is 271 g/mol. The van der Waals surface area contributed by atoms with Gasteiger partial charge in [0.1, 0.15) is 0 Å². The van der Waals surface area contributed by atoms with Crippen molar-refractivity contribution < 1.29 is 9.84 Å². The van der Waals surface area contributed by atoms with Gasteiger partial charge in [0.25, 0.3) is 0 Å². The molecule has 0 amide bonds. The number of hydrogen-bond acceptors (Lipinski definition) is 3. The van der Waals surface area contributed by atoms with E-state index < -0.39 is 5.60 Å². The van der Waals surface area contributed by atoms with E-state index in [0.29, 0.717) is 24.6 Å². The highest BCUT2D eigenvalue weighted by atomic mass is 16.5. The molecule has 0 spiro atoms. The number of nitrogens with one attached hydrogen (secondary N) is 1. The lowest BCUT2D eigenvalue weighted by Crippen LogP contribution is -2.63. The summed E-state index contributed by atoms with van der Waals surface area (Å²) in [5, 5.41) is 13.9. The van der Waals surface area contributed by atoms with Crippen molar-refractivity contribution in [2.24, 2.45) is 11.3 Å². The molecule has 3 heteroatoms. The number of ether oxygens (including phenoxy) is 1. The van der Waals surface area contributed by atoms with E-state index in [-0.39, 0.29) is 5.41 Å². The fourth-order valence-electron chi connectivity index (χ4n) is 3.36. The Morgan fingerprint density at radius 1 is 1.42 bits per heavy atom. The molecule has 2 N–H and O–H groups in total. The molecule has 0 radical (unpaired) electrons. The maximum atomic E-state index is 10.4. The lowest BCUT2D eigenvalue weighted by molar-refractivity contribution is -0.129. The van der Waals surface area contributed by atoms with E-state index in [1.54, 1.807) is 0 Å². The van der Waals surface area contributed by atoms with Crippen LogP contribution in [0.25, 0.3) is 0 Å². The Balaban J connectivity index is 2.46. The zero-order valence-corrected chi connectivity index (χ0v) is 13.6. The van der Waals surface area contributed by atoms with Crippen LogP contribution >= 0.6 is 0 Å². The van der Waals surface area contributed by atoms with Gasteiger partial charge < -0.3 is 15.2 Å². The van der Waals surface area contributed by atoms with Crippen molar-refractivity contribution in [1.29, 1.82) is 0 Å². The van der Waals surface area contributed by atoms with Crippen LogP contribution in [0, 0.1) is 11.3 Å². The second-order valence-electron chi connectivity index (χ2n) is 7.07. The fourth-order valence-corrected chi connectivity index (χ4v) is 3.36. The van der Waals surface area contributed by atoms with Crippen LogP contribution in [-0.2, 0) is 4.74 Å². The van der Waals surface area contributed by atoms with Crippen molar-refractivity contribution in [2.75, 3.05) is 13.2 Å². The summed E-state index contributed by atoms with van der Waals surface area (Å²) in [4.78, 5) is 0. The molecular formula is C16H33NO2. The first-order chi connectivity index (χ1) is 8.75. The summed E-state index contributed by atoms with van der Waals surface area (Å²) in [6, 6.07) is 0.465. The molecule has 4 unspecified atom stereocenters. The zero-order chi connectivity index (χ0) is 14.7. The van der Waals surface area contributed by atoms with E-state index in [4.69, 9.17) is 4.74 Å². The van der Waals surface area contributed by atoms with Gasteiger partial charge in [-0.2, -0.15) is 0 Å². The van der Waals surface area contributed by atoms with Gasteiger partial charge in [0, 0.05) is 24.6 Å². The zero-order valence-electron chi connectivity index (χ0n) is 13.6. The summed E-state index contributed by atoms with van der Waals surface area (Å²) < 4.78 is 5.81. The van der Waals surface area contributed by atoms with E-state index in [1.807, 2.05) is 6.92 Å². The Morgan fingerprint density at radius 2 is 2.05 bits per heavy atom.